The number of hydrogen-bond donors (Lipinski definition) is 2. The maximum absolute atomic E-state index is 12.9. The summed E-state index contributed by atoms with van der Waals surface area (Å²) in [6, 6.07) is 4.14. The van der Waals surface area contributed by atoms with Crippen molar-refractivity contribution in [3.05, 3.63) is 29.3 Å². The van der Waals surface area contributed by atoms with Gasteiger partial charge in [-0.05, 0) is 24.1 Å². The highest BCUT2D eigenvalue weighted by molar-refractivity contribution is 5.52. The summed E-state index contributed by atoms with van der Waals surface area (Å²) in [6.07, 6.45) is -4.28. The number of aliphatic hydroxyl groups excluding tert-OH is 1. The Labute approximate surface area is 103 Å². The molecule has 0 saturated carbocycles. The molecule has 1 aliphatic heterocycles. The minimum absolute atomic E-state index is 0.0889. The summed E-state index contributed by atoms with van der Waals surface area (Å²) in [7, 11) is 0. The van der Waals surface area contributed by atoms with E-state index in [0.29, 0.717) is 25.2 Å². The number of benzene rings is 1. The fraction of sp³-hybridized carbons (Fsp3) is 0.500. The molecule has 0 radical (unpaired) electrons. The van der Waals surface area contributed by atoms with Gasteiger partial charge in [0.05, 0.1) is 11.7 Å². The van der Waals surface area contributed by atoms with Crippen LogP contribution in [0.15, 0.2) is 18.2 Å². The van der Waals surface area contributed by atoms with Crippen LogP contribution in [0.4, 0.5) is 18.9 Å². The lowest BCUT2D eigenvalue weighted by atomic mass is 10.1. The van der Waals surface area contributed by atoms with Crippen LogP contribution in [0.5, 0.6) is 0 Å². The third kappa shape index (κ3) is 2.59. The number of rotatable bonds is 2. The molecule has 1 unspecified atom stereocenters. The molecule has 1 heterocycles. The lowest BCUT2D eigenvalue weighted by Crippen LogP contribution is -2.22. The Morgan fingerprint density at radius 2 is 2.11 bits per heavy atom. The molecule has 1 aromatic carbocycles. The summed E-state index contributed by atoms with van der Waals surface area (Å²) in [5.74, 6) is 0. The van der Waals surface area contributed by atoms with E-state index in [1.54, 1.807) is 11.0 Å². The predicted molar refractivity (Wildman–Crippen MR) is 62.2 cm³/mol. The van der Waals surface area contributed by atoms with E-state index in [1.807, 2.05) is 0 Å². The molecule has 1 atom stereocenters. The van der Waals surface area contributed by atoms with E-state index in [1.165, 1.54) is 6.07 Å². The van der Waals surface area contributed by atoms with E-state index in [2.05, 4.69) is 0 Å². The Balaban J connectivity index is 2.34. The van der Waals surface area contributed by atoms with Crippen molar-refractivity contribution in [1.82, 2.24) is 0 Å². The second-order valence-corrected chi connectivity index (χ2v) is 4.43. The van der Waals surface area contributed by atoms with Gasteiger partial charge in [-0.15, -0.1) is 0 Å². The van der Waals surface area contributed by atoms with Crippen molar-refractivity contribution in [2.75, 3.05) is 18.0 Å². The van der Waals surface area contributed by atoms with Gasteiger partial charge >= 0.3 is 6.18 Å². The van der Waals surface area contributed by atoms with Crippen LogP contribution in [-0.2, 0) is 12.7 Å². The second kappa shape index (κ2) is 4.78. The molecule has 3 N–H and O–H groups in total. The molecule has 0 aliphatic carbocycles. The maximum Gasteiger partial charge on any atom is 0.416 e. The molecule has 0 bridgehead atoms. The zero-order valence-corrected chi connectivity index (χ0v) is 9.74. The molecular formula is C12H15F3N2O. The van der Waals surface area contributed by atoms with Crippen LogP contribution in [0, 0.1) is 0 Å². The molecule has 18 heavy (non-hydrogen) atoms. The van der Waals surface area contributed by atoms with Crippen molar-refractivity contribution in [3.8, 4) is 0 Å². The van der Waals surface area contributed by atoms with Crippen molar-refractivity contribution in [1.29, 1.82) is 0 Å². The van der Waals surface area contributed by atoms with Crippen molar-refractivity contribution in [3.63, 3.8) is 0 Å². The molecule has 6 heteroatoms. The number of nitrogens with two attached hydrogens (primary N) is 1. The van der Waals surface area contributed by atoms with Gasteiger partial charge in [-0.2, -0.15) is 13.2 Å². The SMILES string of the molecule is NCc1ccc(N2CCC(O)C2)cc1C(F)(F)F. The Kier molecular flexibility index (Phi) is 3.49. The number of anilines is 1. The quantitative estimate of drug-likeness (QED) is 0.851. The predicted octanol–water partition coefficient (Wildman–Crippen LogP) is 1.74. The van der Waals surface area contributed by atoms with Crippen LogP contribution in [0.25, 0.3) is 0 Å². The molecule has 1 saturated heterocycles. The zero-order chi connectivity index (χ0) is 13.3. The Morgan fingerprint density at radius 1 is 1.39 bits per heavy atom. The van der Waals surface area contributed by atoms with Gasteiger partial charge in [0, 0.05) is 25.3 Å². The highest BCUT2D eigenvalue weighted by Gasteiger charge is 2.34. The maximum atomic E-state index is 12.9. The third-order valence-electron chi connectivity index (χ3n) is 3.15. The Hall–Kier alpha value is -1.27. The summed E-state index contributed by atoms with van der Waals surface area (Å²) in [4.78, 5) is 1.75. The van der Waals surface area contributed by atoms with Gasteiger partial charge in [0.15, 0.2) is 0 Å². The van der Waals surface area contributed by atoms with E-state index in [9.17, 15) is 18.3 Å². The number of aliphatic hydroxyl groups is 1. The van der Waals surface area contributed by atoms with Crippen LogP contribution in [0.3, 0.4) is 0 Å². The molecule has 0 spiro atoms. The number of nitrogens with zero attached hydrogens (tertiary/aromatic N) is 1. The molecule has 2 rings (SSSR count). The second-order valence-electron chi connectivity index (χ2n) is 4.43. The standard InChI is InChI=1S/C12H15F3N2O/c13-12(14,15)11-5-9(2-1-8(11)6-16)17-4-3-10(18)7-17/h1-2,5,10,18H,3-4,6-7,16H2. The monoisotopic (exact) mass is 260 g/mol. The summed E-state index contributed by atoms with van der Waals surface area (Å²) in [5.41, 5.74) is 5.20. The van der Waals surface area contributed by atoms with E-state index in [4.69, 9.17) is 5.73 Å². The molecule has 100 valence electrons. The topological polar surface area (TPSA) is 49.5 Å². The van der Waals surface area contributed by atoms with Gasteiger partial charge in [-0.3, -0.25) is 0 Å². The van der Waals surface area contributed by atoms with Crippen molar-refractivity contribution >= 4 is 5.69 Å². The highest BCUT2D eigenvalue weighted by atomic mass is 19.4. The van der Waals surface area contributed by atoms with Crippen molar-refractivity contribution < 1.29 is 18.3 Å². The first kappa shape index (κ1) is 13.2. The lowest BCUT2D eigenvalue weighted by molar-refractivity contribution is -0.138. The minimum Gasteiger partial charge on any atom is -0.391 e. The molecule has 0 aromatic heterocycles. The van der Waals surface area contributed by atoms with Gasteiger partial charge in [0.2, 0.25) is 0 Å². The Morgan fingerprint density at radius 3 is 2.61 bits per heavy atom. The van der Waals surface area contributed by atoms with Crippen LogP contribution in [0.2, 0.25) is 0 Å². The van der Waals surface area contributed by atoms with Gasteiger partial charge in [-0.25, -0.2) is 0 Å². The largest absolute Gasteiger partial charge is 0.416 e. The van der Waals surface area contributed by atoms with Crippen LogP contribution in [0.1, 0.15) is 17.5 Å². The lowest BCUT2D eigenvalue weighted by Gasteiger charge is -2.21. The number of β-amino-alcohol motifs (C(OH)–C–C–N with tert-alkyl or cyclic N) is 1. The van der Waals surface area contributed by atoms with E-state index < -0.39 is 17.8 Å². The van der Waals surface area contributed by atoms with Crippen molar-refractivity contribution in [2.24, 2.45) is 5.73 Å². The van der Waals surface area contributed by atoms with E-state index in [-0.39, 0.29) is 12.1 Å². The Bertz CT molecular complexity index is 434. The minimum atomic E-state index is -4.40. The fourth-order valence-corrected chi connectivity index (χ4v) is 2.18. The third-order valence-corrected chi connectivity index (χ3v) is 3.15. The number of hydrogen-bond acceptors (Lipinski definition) is 3. The van der Waals surface area contributed by atoms with E-state index in [0.717, 1.165) is 6.07 Å². The number of alkyl halides is 3. The van der Waals surface area contributed by atoms with Gasteiger partial charge in [0.1, 0.15) is 0 Å². The zero-order valence-electron chi connectivity index (χ0n) is 9.74. The molecule has 0 amide bonds. The fourth-order valence-electron chi connectivity index (χ4n) is 2.18. The summed E-state index contributed by atoms with van der Waals surface area (Å²) < 4.78 is 38.6. The first-order chi connectivity index (χ1) is 8.41. The summed E-state index contributed by atoms with van der Waals surface area (Å²) in [6.45, 7) is 0.803. The summed E-state index contributed by atoms with van der Waals surface area (Å²) >= 11 is 0. The molecule has 1 aromatic rings. The first-order valence-electron chi connectivity index (χ1n) is 5.75. The van der Waals surface area contributed by atoms with E-state index >= 15 is 0 Å². The summed E-state index contributed by atoms with van der Waals surface area (Å²) in [5, 5.41) is 9.41. The highest BCUT2D eigenvalue weighted by Crippen LogP contribution is 2.35. The van der Waals surface area contributed by atoms with Crippen LogP contribution >= 0.6 is 0 Å². The first-order valence-corrected chi connectivity index (χ1v) is 5.75. The average molecular weight is 260 g/mol. The van der Waals surface area contributed by atoms with Gasteiger partial charge in [0.25, 0.3) is 0 Å². The normalized spacial score (nSPS) is 20.5. The van der Waals surface area contributed by atoms with Crippen LogP contribution < -0.4 is 10.6 Å². The van der Waals surface area contributed by atoms with Crippen molar-refractivity contribution in [2.45, 2.75) is 25.2 Å². The molecule has 1 aliphatic rings. The molecular weight excluding hydrogens is 245 g/mol. The van der Waals surface area contributed by atoms with Gasteiger partial charge in [-0.1, -0.05) is 6.07 Å². The van der Waals surface area contributed by atoms with Crippen LogP contribution in [-0.4, -0.2) is 24.3 Å². The number of halogens is 3. The smallest absolute Gasteiger partial charge is 0.391 e. The molecule has 3 nitrogen and oxygen atoms in total. The van der Waals surface area contributed by atoms with Gasteiger partial charge < -0.3 is 15.7 Å². The average Bonchev–Trinajstić information content (AvgIpc) is 2.74. The molecule has 1 fully saturated rings.